The number of benzene rings is 1. The highest BCUT2D eigenvalue weighted by atomic mass is 15.0. The van der Waals surface area contributed by atoms with Crippen molar-refractivity contribution in [3.63, 3.8) is 0 Å². The molecule has 0 radical (unpaired) electrons. The Balaban J connectivity index is 1.92. The predicted octanol–water partition coefficient (Wildman–Crippen LogP) is 3.71. The van der Waals surface area contributed by atoms with Crippen LogP contribution in [0.2, 0.25) is 0 Å². The summed E-state index contributed by atoms with van der Waals surface area (Å²) in [5, 5.41) is 3.75. The molecule has 0 heterocycles. The maximum Gasteiger partial charge on any atom is 0.0307 e. The molecule has 1 fully saturated rings. The monoisotopic (exact) mass is 274 g/mol. The average Bonchev–Trinajstić information content (AvgIpc) is 2.46. The second-order valence-electron chi connectivity index (χ2n) is 7.46. The molecule has 20 heavy (non-hydrogen) atoms. The Hall–Kier alpha value is -0.860. The molecule has 0 bridgehead atoms. The lowest BCUT2D eigenvalue weighted by Crippen LogP contribution is -2.53. The van der Waals surface area contributed by atoms with Gasteiger partial charge < -0.3 is 11.1 Å². The zero-order chi connectivity index (χ0) is 14.6. The van der Waals surface area contributed by atoms with E-state index in [1.807, 2.05) is 0 Å². The van der Waals surface area contributed by atoms with E-state index in [0.717, 1.165) is 19.0 Å². The molecule has 0 aliphatic heterocycles. The molecule has 3 N–H and O–H groups in total. The van der Waals surface area contributed by atoms with Crippen molar-refractivity contribution in [3.05, 3.63) is 35.9 Å². The highest BCUT2D eigenvalue weighted by Gasteiger charge is 2.37. The fourth-order valence-electron chi connectivity index (χ4n) is 3.37. The topological polar surface area (TPSA) is 38.0 Å². The second kappa shape index (κ2) is 6.28. The minimum atomic E-state index is 0.150. The van der Waals surface area contributed by atoms with Gasteiger partial charge in [-0.3, -0.25) is 0 Å². The fourth-order valence-corrected chi connectivity index (χ4v) is 3.37. The van der Waals surface area contributed by atoms with Crippen LogP contribution in [-0.4, -0.2) is 12.1 Å². The molecule has 1 aromatic rings. The summed E-state index contributed by atoms with van der Waals surface area (Å²) in [6.45, 7) is 8.77. The minimum Gasteiger partial charge on any atom is -0.329 e. The lowest BCUT2D eigenvalue weighted by Gasteiger charge is -2.44. The highest BCUT2D eigenvalue weighted by molar-refractivity contribution is 5.15. The third-order valence-electron chi connectivity index (χ3n) is 5.07. The van der Waals surface area contributed by atoms with Gasteiger partial charge in [0, 0.05) is 18.6 Å². The third-order valence-corrected chi connectivity index (χ3v) is 5.07. The van der Waals surface area contributed by atoms with Crippen LogP contribution in [0, 0.1) is 11.3 Å². The number of hydrogen-bond acceptors (Lipinski definition) is 2. The van der Waals surface area contributed by atoms with Gasteiger partial charge in [0.1, 0.15) is 0 Å². The number of nitrogens with one attached hydrogen (secondary N) is 1. The van der Waals surface area contributed by atoms with Crippen LogP contribution in [0.25, 0.3) is 0 Å². The van der Waals surface area contributed by atoms with Gasteiger partial charge in [-0.2, -0.15) is 0 Å². The van der Waals surface area contributed by atoms with Crippen LogP contribution in [-0.2, 0) is 6.54 Å². The van der Waals surface area contributed by atoms with E-state index in [1.54, 1.807) is 0 Å². The van der Waals surface area contributed by atoms with E-state index in [4.69, 9.17) is 5.73 Å². The molecule has 2 nitrogen and oxygen atoms in total. The van der Waals surface area contributed by atoms with Gasteiger partial charge in [0.15, 0.2) is 0 Å². The van der Waals surface area contributed by atoms with E-state index in [2.05, 4.69) is 56.4 Å². The molecule has 1 aromatic carbocycles. The van der Waals surface area contributed by atoms with Gasteiger partial charge in [-0.05, 0) is 42.6 Å². The zero-order valence-electron chi connectivity index (χ0n) is 13.3. The summed E-state index contributed by atoms with van der Waals surface area (Å²) in [5.74, 6) is 0.834. The Morgan fingerprint density at radius 2 is 1.75 bits per heavy atom. The molecule has 2 rings (SSSR count). The van der Waals surface area contributed by atoms with Crippen LogP contribution in [0.3, 0.4) is 0 Å². The summed E-state index contributed by atoms with van der Waals surface area (Å²) in [6, 6.07) is 10.6. The lowest BCUT2D eigenvalue weighted by molar-refractivity contribution is 0.116. The molecule has 0 spiro atoms. The van der Waals surface area contributed by atoms with Crippen molar-refractivity contribution in [2.45, 2.75) is 58.5 Å². The first kappa shape index (κ1) is 15.5. The summed E-state index contributed by atoms with van der Waals surface area (Å²) in [5.41, 5.74) is 8.02. The zero-order valence-corrected chi connectivity index (χ0v) is 13.3. The summed E-state index contributed by atoms with van der Waals surface area (Å²) in [6.07, 6.45) is 5.00. The largest absolute Gasteiger partial charge is 0.329 e. The van der Waals surface area contributed by atoms with Gasteiger partial charge in [0.2, 0.25) is 0 Å². The van der Waals surface area contributed by atoms with E-state index in [1.165, 1.54) is 31.2 Å². The van der Waals surface area contributed by atoms with Crippen LogP contribution in [0.5, 0.6) is 0 Å². The van der Waals surface area contributed by atoms with E-state index < -0.39 is 0 Å². The summed E-state index contributed by atoms with van der Waals surface area (Å²) in [7, 11) is 0. The minimum absolute atomic E-state index is 0.150. The molecule has 112 valence electrons. The standard InChI is InChI=1S/C18H30N2/c1-17(2,3)16-9-11-18(14-19,12-10-16)20-13-15-7-5-4-6-8-15/h4-8,16,20H,9-14,19H2,1-3H3. The van der Waals surface area contributed by atoms with Crippen molar-refractivity contribution in [2.24, 2.45) is 17.1 Å². The average molecular weight is 274 g/mol. The van der Waals surface area contributed by atoms with Crippen molar-refractivity contribution in [3.8, 4) is 0 Å². The first-order valence-corrected chi connectivity index (χ1v) is 7.94. The second-order valence-corrected chi connectivity index (χ2v) is 7.46. The van der Waals surface area contributed by atoms with E-state index >= 15 is 0 Å². The normalized spacial score (nSPS) is 27.5. The van der Waals surface area contributed by atoms with Crippen LogP contribution < -0.4 is 11.1 Å². The fraction of sp³-hybridized carbons (Fsp3) is 0.667. The molecule has 0 saturated heterocycles. The van der Waals surface area contributed by atoms with Gasteiger partial charge in [0.05, 0.1) is 0 Å². The van der Waals surface area contributed by atoms with Gasteiger partial charge >= 0.3 is 0 Å². The van der Waals surface area contributed by atoms with Crippen LogP contribution in [0.1, 0.15) is 52.0 Å². The highest BCUT2D eigenvalue weighted by Crippen LogP contribution is 2.41. The Morgan fingerprint density at radius 3 is 2.25 bits per heavy atom. The third kappa shape index (κ3) is 3.83. The quantitative estimate of drug-likeness (QED) is 0.878. The van der Waals surface area contributed by atoms with Crippen LogP contribution in [0.4, 0.5) is 0 Å². The van der Waals surface area contributed by atoms with Gasteiger partial charge in [-0.25, -0.2) is 0 Å². The van der Waals surface area contributed by atoms with E-state index in [0.29, 0.717) is 5.41 Å². The van der Waals surface area contributed by atoms with Gasteiger partial charge in [-0.1, -0.05) is 51.1 Å². The summed E-state index contributed by atoms with van der Waals surface area (Å²) >= 11 is 0. The molecule has 1 aliphatic carbocycles. The maximum absolute atomic E-state index is 6.09. The molecular formula is C18H30N2. The molecule has 0 atom stereocenters. The number of hydrogen-bond donors (Lipinski definition) is 2. The SMILES string of the molecule is CC(C)(C)C1CCC(CN)(NCc2ccccc2)CC1. The molecular weight excluding hydrogens is 244 g/mol. The number of nitrogens with two attached hydrogens (primary N) is 1. The maximum atomic E-state index is 6.09. The summed E-state index contributed by atoms with van der Waals surface area (Å²) < 4.78 is 0. The molecule has 0 unspecified atom stereocenters. The van der Waals surface area contributed by atoms with Crippen LogP contribution in [0.15, 0.2) is 30.3 Å². The van der Waals surface area contributed by atoms with Crippen LogP contribution >= 0.6 is 0 Å². The van der Waals surface area contributed by atoms with E-state index in [-0.39, 0.29) is 5.54 Å². The van der Waals surface area contributed by atoms with Gasteiger partial charge in [-0.15, -0.1) is 0 Å². The van der Waals surface area contributed by atoms with Crippen molar-refractivity contribution in [2.75, 3.05) is 6.54 Å². The summed E-state index contributed by atoms with van der Waals surface area (Å²) in [4.78, 5) is 0. The van der Waals surface area contributed by atoms with Gasteiger partial charge in [0.25, 0.3) is 0 Å². The molecule has 1 aliphatic rings. The van der Waals surface area contributed by atoms with E-state index in [9.17, 15) is 0 Å². The predicted molar refractivity (Wildman–Crippen MR) is 86.5 cm³/mol. The van der Waals surface area contributed by atoms with Crippen molar-refractivity contribution < 1.29 is 0 Å². The Labute approximate surface area is 124 Å². The Bertz CT molecular complexity index is 397. The molecule has 0 aromatic heterocycles. The molecule has 2 heteroatoms. The first-order chi connectivity index (χ1) is 9.45. The van der Waals surface area contributed by atoms with Crippen molar-refractivity contribution in [1.29, 1.82) is 0 Å². The molecule has 1 saturated carbocycles. The number of rotatable bonds is 4. The molecule has 0 amide bonds. The van der Waals surface area contributed by atoms with Crippen molar-refractivity contribution >= 4 is 0 Å². The Morgan fingerprint density at radius 1 is 1.15 bits per heavy atom. The Kier molecular flexibility index (Phi) is 4.87. The van der Waals surface area contributed by atoms with Crippen molar-refractivity contribution in [1.82, 2.24) is 5.32 Å². The lowest BCUT2D eigenvalue weighted by atomic mass is 9.67. The first-order valence-electron chi connectivity index (χ1n) is 7.94. The smallest absolute Gasteiger partial charge is 0.0307 e.